The first-order valence-corrected chi connectivity index (χ1v) is 28.5. The number of aromatic nitrogens is 5. The van der Waals surface area contributed by atoms with Crippen LogP contribution in [0.25, 0.3) is 43.4 Å². The Labute approximate surface area is 456 Å². The maximum Gasteiger partial charge on any atom is 0.319 e. The Hall–Kier alpha value is -6.80. The lowest BCUT2D eigenvalue weighted by molar-refractivity contribution is -0.141. The fourth-order valence-electron chi connectivity index (χ4n) is 13.2. The summed E-state index contributed by atoms with van der Waals surface area (Å²) in [6.07, 6.45) is 7.32. The van der Waals surface area contributed by atoms with E-state index in [1.165, 1.54) is 4.90 Å². The van der Waals surface area contributed by atoms with Gasteiger partial charge in [-0.1, -0.05) is 63.2 Å². The van der Waals surface area contributed by atoms with Crippen LogP contribution >= 0.6 is 11.3 Å². The summed E-state index contributed by atoms with van der Waals surface area (Å²) in [5.74, 6) is -1.04. The van der Waals surface area contributed by atoms with E-state index in [9.17, 15) is 19.8 Å². The number of aliphatic hydroxyl groups is 1. The number of thiazole rings is 1. The Morgan fingerprint density at radius 2 is 1.81 bits per heavy atom. The third kappa shape index (κ3) is 9.70. The first-order chi connectivity index (χ1) is 37.7. The number of hydrogen-bond donors (Lipinski definition) is 4. The van der Waals surface area contributed by atoms with E-state index in [1.807, 2.05) is 75.7 Å². The van der Waals surface area contributed by atoms with Gasteiger partial charge in [0.1, 0.15) is 48.0 Å². The number of carbonyl (C=O) groups excluding carboxylic acids is 2. The van der Waals surface area contributed by atoms with Gasteiger partial charge >= 0.3 is 6.01 Å². The monoisotopic (exact) mass is 1080 g/mol. The number of aromatic hydroxyl groups is 1. The minimum atomic E-state index is -0.865. The number of anilines is 1. The Morgan fingerprint density at radius 1 is 1.00 bits per heavy atom. The van der Waals surface area contributed by atoms with E-state index < -0.39 is 23.9 Å². The average molecular weight is 1080 g/mol. The molecule has 9 heterocycles. The topological polar surface area (TPSA) is 204 Å². The van der Waals surface area contributed by atoms with Crippen molar-refractivity contribution in [2.75, 3.05) is 44.3 Å². The van der Waals surface area contributed by atoms with Crippen molar-refractivity contribution >= 4 is 50.6 Å². The molecule has 2 unspecified atom stereocenters. The van der Waals surface area contributed by atoms with Crippen LogP contribution in [0.5, 0.6) is 17.6 Å². The fraction of sp³-hybridized carbons (Fsp3) is 0.475. The van der Waals surface area contributed by atoms with Gasteiger partial charge in [0, 0.05) is 62.0 Å². The summed E-state index contributed by atoms with van der Waals surface area (Å²) in [6.45, 7) is 12.7. The molecule has 0 saturated carbocycles. The van der Waals surface area contributed by atoms with E-state index >= 15 is 4.39 Å². The van der Waals surface area contributed by atoms with Crippen molar-refractivity contribution in [3.05, 3.63) is 101 Å². The zero-order chi connectivity index (χ0) is 54.0. The van der Waals surface area contributed by atoms with Crippen molar-refractivity contribution in [1.29, 1.82) is 0 Å². The van der Waals surface area contributed by atoms with E-state index in [-0.39, 0.29) is 77.2 Å². The van der Waals surface area contributed by atoms with E-state index in [1.54, 1.807) is 35.7 Å². The van der Waals surface area contributed by atoms with Crippen LogP contribution in [0.4, 0.5) is 10.2 Å². The summed E-state index contributed by atoms with van der Waals surface area (Å²) in [5.41, 5.74) is 6.21. The van der Waals surface area contributed by atoms with Crippen LogP contribution in [-0.2, 0) is 16.0 Å². The first kappa shape index (κ1) is 51.9. The van der Waals surface area contributed by atoms with Crippen molar-refractivity contribution in [3.63, 3.8) is 0 Å². The Bertz CT molecular complexity index is 3380. The summed E-state index contributed by atoms with van der Waals surface area (Å²) < 4.78 is 36.2. The summed E-state index contributed by atoms with van der Waals surface area (Å²) in [6, 6.07) is 18.4. The SMILES string of the molecule is CCc1cccc2cc(O)cc(-c3ncc4c(N5CC6CCC(C5)N6)nc(OC[C@@]56CCCN5[C@@H](COc5cc([C@H](C(=O)N7C[C@H](O)C[C@H]7C(=O)N[C@@H](C)c7ccc(-c8scnc8C)cc7)C(C)C)on5)CC6)nc4c3F)c12. The number of nitrogens with zero attached hydrogens (tertiary/aromatic N) is 8. The zero-order valence-corrected chi connectivity index (χ0v) is 45.6. The Morgan fingerprint density at radius 3 is 2.56 bits per heavy atom. The number of pyridine rings is 1. The Kier molecular flexibility index (Phi) is 14.1. The number of piperazine rings is 1. The predicted molar refractivity (Wildman–Crippen MR) is 295 cm³/mol. The molecule has 2 bridgehead atoms. The van der Waals surface area contributed by atoms with Gasteiger partial charge in [-0.05, 0) is 116 Å². The lowest BCUT2D eigenvalue weighted by atomic mass is 9.91. The number of hydrogen-bond acceptors (Lipinski definition) is 16. The van der Waals surface area contributed by atoms with Crippen molar-refractivity contribution in [2.24, 2.45) is 5.92 Å². The second-order valence-corrected chi connectivity index (χ2v) is 23.4. The predicted octanol–water partition coefficient (Wildman–Crippen LogP) is 8.65. The van der Waals surface area contributed by atoms with E-state index in [0.29, 0.717) is 47.8 Å². The molecule has 3 aromatic carbocycles. The molecule has 78 heavy (non-hydrogen) atoms. The molecule has 8 atom stereocenters. The molecule has 5 fully saturated rings. The summed E-state index contributed by atoms with van der Waals surface area (Å²) in [5, 5.41) is 34.9. The highest BCUT2D eigenvalue weighted by molar-refractivity contribution is 7.13. The highest BCUT2D eigenvalue weighted by Gasteiger charge is 2.50. The third-order valence-electron chi connectivity index (χ3n) is 17.2. The molecule has 5 aliphatic heterocycles. The highest BCUT2D eigenvalue weighted by atomic mass is 32.1. The van der Waals surface area contributed by atoms with Gasteiger partial charge in [-0.25, -0.2) is 9.37 Å². The van der Waals surface area contributed by atoms with Gasteiger partial charge in [0.25, 0.3) is 5.88 Å². The van der Waals surface area contributed by atoms with Gasteiger partial charge in [0.2, 0.25) is 11.8 Å². The largest absolute Gasteiger partial charge is 0.508 e. The van der Waals surface area contributed by atoms with Crippen LogP contribution in [0.15, 0.2) is 76.9 Å². The molecule has 12 rings (SSSR count). The number of aliphatic hydroxyl groups excluding tert-OH is 1. The number of nitrogens with one attached hydrogen (secondary N) is 2. The van der Waals surface area contributed by atoms with Crippen molar-refractivity contribution < 1.29 is 38.2 Å². The second kappa shape index (κ2) is 21.1. The van der Waals surface area contributed by atoms with Crippen LogP contribution in [0.2, 0.25) is 0 Å². The van der Waals surface area contributed by atoms with E-state index in [4.69, 9.17) is 28.9 Å². The highest BCUT2D eigenvalue weighted by Crippen LogP contribution is 2.44. The first-order valence-electron chi connectivity index (χ1n) is 27.6. The molecule has 408 valence electrons. The van der Waals surface area contributed by atoms with Gasteiger partial charge in [-0.3, -0.25) is 19.5 Å². The van der Waals surface area contributed by atoms with Gasteiger partial charge < -0.3 is 44.6 Å². The second-order valence-electron chi connectivity index (χ2n) is 22.5. The quantitative estimate of drug-likeness (QED) is 0.0715. The molecule has 5 aliphatic rings. The lowest BCUT2D eigenvalue weighted by Crippen LogP contribution is -2.51. The van der Waals surface area contributed by atoms with Crippen LogP contribution in [0.1, 0.15) is 107 Å². The molecular formula is C59H67FN10O7S. The standard InChI is InChI=1S/C59H67FN10O7S/c1-6-35-9-7-10-38-21-42(71)22-44(50(35)38)52-51(60)53-45(25-61-52)55(68-26-39-15-16-40(27-68)64-39)66-58(65-53)76-30-59-18-8-20-70(59)41(17-19-59)29-75-48-24-47(77-67-48)49(32(2)3)57(74)69-28-43(72)23-46(69)56(73)63-33(4)36-11-13-37(14-12-36)54-34(5)62-31-78-54/h7,9-14,21-22,24-25,31-33,39-41,43,46,49,64,71-72H,6,8,15-20,23,26-30H2,1-5H3,(H,63,73)/t33-,39?,40?,41+,43+,46-,49+,59-/m0/s1. The molecule has 4 N–H and O–H groups in total. The normalized spacial score (nSPS) is 23.9. The lowest BCUT2D eigenvalue weighted by Gasteiger charge is -2.35. The molecule has 4 aromatic heterocycles. The molecule has 0 radical (unpaired) electrons. The summed E-state index contributed by atoms with van der Waals surface area (Å²) >= 11 is 1.58. The van der Waals surface area contributed by atoms with Gasteiger partial charge in [-0.2, -0.15) is 9.97 Å². The number of fused-ring (bicyclic) bond motifs is 5. The smallest absolute Gasteiger partial charge is 0.319 e. The molecular weight excluding hydrogens is 1010 g/mol. The van der Waals surface area contributed by atoms with Crippen LogP contribution in [0, 0.1) is 18.7 Å². The van der Waals surface area contributed by atoms with Crippen molar-refractivity contribution in [3.8, 4) is 39.3 Å². The zero-order valence-electron chi connectivity index (χ0n) is 44.7. The van der Waals surface area contributed by atoms with E-state index in [0.717, 1.165) is 103 Å². The minimum Gasteiger partial charge on any atom is -0.508 e. The van der Waals surface area contributed by atoms with Crippen molar-refractivity contribution in [2.45, 2.75) is 134 Å². The maximum absolute atomic E-state index is 17.4. The van der Waals surface area contributed by atoms with Crippen molar-refractivity contribution in [1.82, 2.24) is 45.5 Å². The molecule has 5 saturated heterocycles. The molecule has 17 nitrogen and oxygen atoms in total. The Balaban J connectivity index is 0.731. The number of rotatable bonds is 16. The molecule has 19 heteroatoms. The number of ether oxygens (including phenoxy) is 2. The summed E-state index contributed by atoms with van der Waals surface area (Å²) in [4.78, 5) is 54.6. The number of halogens is 1. The number of carbonyl (C=O) groups is 2. The number of aryl methyl sites for hydroxylation is 2. The average Bonchev–Trinajstić information content (AvgIpc) is 4.42. The number of β-amino-alcohol motifs (C(OH)–C–C–N with tert-alkyl or cyclic N) is 1. The fourth-order valence-corrected chi connectivity index (χ4v) is 14.0. The number of phenols is 1. The maximum atomic E-state index is 17.4. The van der Waals surface area contributed by atoms with Gasteiger partial charge in [0.15, 0.2) is 11.6 Å². The van der Waals surface area contributed by atoms with E-state index in [2.05, 4.69) is 37.5 Å². The number of likely N-dealkylation sites (tertiary alicyclic amines) is 1. The number of phenolic OH excluding ortho intramolecular Hbond substituents is 1. The van der Waals surface area contributed by atoms with Crippen LogP contribution in [0.3, 0.4) is 0 Å². The third-order valence-corrected chi connectivity index (χ3v) is 18.1. The van der Waals surface area contributed by atoms with Crippen LogP contribution < -0.4 is 25.0 Å². The summed E-state index contributed by atoms with van der Waals surface area (Å²) in [7, 11) is 0. The number of amides is 2. The molecule has 2 amide bonds. The molecule has 7 aromatic rings. The van der Waals surface area contributed by atoms with Gasteiger partial charge in [0.05, 0.1) is 39.2 Å². The molecule has 0 aliphatic carbocycles. The minimum absolute atomic E-state index is 0.0240. The van der Waals surface area contributed by atoms with Gasteiger partial charge in [-0.15, -0.1) is 11.3 Å². The number of benzene rings is 3. The molecule has 0 spiro atoms. The van der Waals surface area contributed by atoms with Crippen LogP contribution in [-0.4, -0.2) is 132 Å².